The molecule has 0 radical (unpaired) electrons. The van der Waals surface area contributed by atoms with Gasteiger partial charge in [-0.2, -0.15) is 0 Å². The molecule has 0 saturated heterocycles. The number of anilines is 1. The normalized spacial score (nSPS) is 11.3. The molecule has 2 amide bonds. The van der Waals surface area contributed by atoms with Gasteiger partial charge in [-0.25, -0.2) is 12.7 Å². The van der Waals surface area contributed by atoms with Crippen molar-refractivity contribution in [1.29, 1.82) is 0 Å². The van der Waals surface area contributed by atoms with Crippen molar-refractivity contribution in [3.05, 3.63) is 60.2 Å². The summed E-state index contributed by atoms with van der Waals surface area (Å²) < 4.78 is 25.2. The fourth-order valence-corrected chi connectivity index (χ4v) is 3.35. The summed E-state index contributed by atoms with van der Waals surface area (Å²) in [6.45, 7) is 2.19. The van der Waals surface area contributed by atoms with Crippen molar-refractivity contribution in [1.82, 2.24) is 9.62 Å². The smallest absolute Gasteiger partial charge is 0.251 e. The number of sulfonamides is 1. The molecule has 0 unspecified atom stereocenters. The Labute approximate surface area is 159 Å². The molecular weight excluding hydrogens is 366 g/mol. The van der Waals surface area contributed by atoms with Crippen LogP contribution in [0, 0.1) is 0 Å². The van der Waals surface area contributed by atoms with Crippen molar-refractivity contribution in [2.45, 2.75) is 11.8 Å². The molecule has 0 bridgehead atoms. The summed E-state index contributed by atoms with van der Waals surface area (Å²) >= 11 is 0. The number of rotatable bonds is 7. The van der Waals surface area contributed by atoms with Gasteiger partial charge >= 0.3 is 0 Å². The van der Waals surface area contributed by atoms with Gasteiger partial charge in [-0.05, 0) is 43.3 Å². The SMILES string of the molecule is CCN(C(=O)CNC(=O)c1ccc(S(=O)(=O)N(C)C)cc1)c1ccccc1. The molecule has 0 aliphatic rings. The first-order valence-electron chi connectivity index (χ1n) is 8.43. The monoisotopic (exact) mass is 389 g/mol. The van der Waals surface area contributed by atoms with Crippen molar-refractivity contribution in [3.8, 4) is 0 Å². The van der Waals surface area contributed by atoms with Gasteiger partial charge in [0.1, 0.15) is 0 Å². The second kappa shape index (κ2) is 8.79. The lowest BCUT2D eigenvalue weighted by Crippen LogP contribution is -2.40. The molecule has 2 rings (SSSR count). The predicted octanol–water partition coefficient (Wildman–Crippen LogP) is 1.72. The third-order valence-electron chi connectivity index (χ3n) is 3.98. The van der Waals surface area contributed by atoms with E-state index in [-0.39, 0.29) is 22.9 Å². The molecular formula is C19H23N3O4S. The number of benzene rings is 2. The summed E-state index contributed by atoms with van der Waals surface area (Å²) in [6, 6.07) is 14.8. The Morgan fingerprint density at radius 2 is 1.56 bits per heavy atom. The number of likely N-dealkylation sites (N-methyl/N-ethyl adjacent to an activating group) is 1. The van der Waals surface area contributed by atoms with Crippen LogP contribution >= 0.6 is 0 Å². The van der Waals surface area contributed by atoms with Crippen LogP contribution in [0.4, 0.5) is 5.69 Å². The van der Waals surface area contributed by atoms with Crippen molar-refractivity contribution in [3.63, 3.8) is 0 Å². The summed E-state index contributed by atoms with van der Waals surface area (Å²) in [6.07, 6.45) is 0. The molecule has 0 heterocycles. The fourth-order valence-electron chi connectivity index (χ4n) is 2.45. The van der Waals surface area contributed by atoms with Crippen LogP contribution in [0.2, 0.25) is 0 Å². The Balaban J connectivity index is 2.02. The summed E-state index contributed by atoms with van der Waals surface area (Å²) in [5.74, 6) is -0.676. The van der Waals surface area contributed by atoms with Gasteiger partial charge in [0, 0.05) is 31.9 Å². The average Bonchev–Trinajstić information content (AvgIpc) is 2.67. The molecule has 0 aliphatic carbocycles. The summed E-state index contributed by atoms with van der Waals surface area (Å²) in [5, 5.41) is 2.57. The van der Waals surface area contributed by atoms with Gasteiger partial charge < -0.3 is 10.2 Å². The zero-order valence-electron chi connectivity index (χ0n) is 15.5. The van der Waals surface area contributed by atoms with Crippen LogP contribution in [-0.2, 0) is 14.8 Å². The first-order valence-corrected chi connectivity index (χ1v) is 9.87. The second-order valence-electron chi connectivity index (χ2n) is 5.97. The minimum absolute atomic E-state index is 0.0985. The lowest BCUT2D eigenvalue weighted by atomic mass is 10.2. The Hall–Kier alpha value is -2.71. The standard InChI is InChI=1S/C19H23N3O4S/c1-4-22(16-8-6-5-7-9-16)18(23)14-20-19(24)15-10-12-17(13-11-15)27(25,26)21(2)3/h5-13H,4,14H2,1-3H3,(H,20,24). The van der Waals surface area contributed by atoms with Gasteiger partial charge in [-0.15, -0.1) is 0 Å². The van der Waals surface area contributed by atoms with Crippen LogP contribution in [-0.4, -0.2) is 51.7 Å². The summed E-state index contributed by atoms with van der Waals surface area (Å²) in [4.78, 5) is 26.3. The minimum atomic E-state index is -3.55. The Morgan fingerprint density at radius 1 is 0.963 bits per heavy atom. The van der Waals surface area contributed by atoms with Gasteiger partial charge in [-0.1, -0.05) is 18.2 Å². The second-order valence-corrected chi connectivity index (χ2v) is 8.12. The van der Waals surface area contributed by atoms with E-state index >= 15 is 0 Å². The first-order chi connectivity index (χ1) is 12.8. The van der Waals surface area contributed by atoms with E-state index in [9.17, 15) is 18.0 Å². The highest BCUT2D eigenvalue weighted by molar-refractivity contribution is 7.89. The summed E-state index contributed by atoms with van der Waals surface area (Å²) in [5.41, 5.74) is 1.04. The van der Waals surface area contributed by atoms with E-state index in [2.05, 4.69) is 5.32 Å². The van der Waals surface area contributed by atoms with Crippen LogP contribution in [0.15, 0.2) is 59.5 Å². The predicted molar refractivity (Wildman–Crippen MR) is 104 cm³/mol. The number of carbonyl (C=O) groups is 2. The number of para-hydroxylation sites is 1. The van der Waals surface area contributed by atoms with E-state index < -0.39 is 15.9 Å². The quantitative estimate of drug-likeness (QED) is 0.781. The minimum Gasteiger partial charge on any atom is -0.343 e. The number of hydrogen-bond acceptors (Lipinski definition) is 4. The summed E-state index contributed by atoms with van der Waals surface area (Å²) in [7, 11) is -0.673. The van der Waals surface area contributed by atoms with Gasteiger partial charge in [-0.3, -0.25) is 9.59 Å². The number of carbonyl (C=O) groups excluding carboxylic acids is 2. The van der Waals surface area contributed by atoms with Crippen LogP contribution in [0.25, 0.3) is 0 Å². The van der Waals surface area contributed by atoms with Crippen molar-refractivity contribution < 1.29 is 18.0 Å². The molecule has 1 N–H and O–H groups in total. The van der Waals surface area contributed by atoms with E-state index in [1.807, 2.05) is 37.3 Å². The van der Waals surface area contributed by atoms with E-state index in [1.54, 1.807) is 4.90 Å². The Kier molecular flexibility index (Phi) is 6.70. The van der Waals surface area contributed by atoms with Crippen molar-refractivity contribution in [2.24, 2.45) is 0 Å². The number of hydrogen-bond donors (Lipinski definition) is 1. The largest absolute Gasteiger partial charge is 0.343 e. The molecule has 27 heavy (non-hydrogen) atoms. The highest BCUT2D eigenvalue weighted by Crippen LogP contribution is 2.15. The molecule has 8 heteroatoms. The van der Waals surface area contributed by atoms with E-state index in [1.165, 1.54) is 38.4 Å². The molecule has 2 aromatic carbocycles. The third-order valence-corrected chi connectivity index (χ3v) is 5.81. The van der Waals surface area contributed by atoms with E-state index in [0.717, 1.165) is 9.99 Å². The van der Waals surface area contributed by atoms with Gasteiger partial charge in [0.2, 0.25) is 15.9 Å². The Bertz CT molecular complexity index is 894. The van der Waals surface area contributed by atoms with E-state index in [4.69, 9.17) is 0 Å². The van der Waals surface area contributed by atoms with Crippen molar-refractivity contribution in [2.75, 3.05) is 32.1 Å². The molecule has 0 aromatic heterocycles. The lowest BCUT2D eigenvalue weighted by molar-refractivity contribution is -0.117. The van der Waals surface area contributed by atoms with Crippen LogP contribution in [0.3, 0.4) is 0 Å². The maximum absolute atomic E-state index is 12.4. The number of nitrogens with one attached hydrogen (secondary N) is 1. The van der Waals surface area contributed by atoms with Crippen molar-refractivity contribution >= 4 is 27.5 Å². The maximum atomic E-state index is 12.4. The molecule has 0 saturated carbocycles. The van der Waals surface area contributed by atoms with Gasteiger partial charge in [0.05, 0.1) is 11.4 Å². The molecule has 0 spiro atoms. The van der Waals surface area contributed by atoms with Gasteiger partial charge in [0.15, 0.2) is 0 Å². The highest BCUT2D eigenvalue weighted by atomic mass is 32.2. The van der Waals surface area contributed by atoms with Crippen LogP contribution < -0.4 is 10.2 Å². The lowest BCUT2D eigenvalue weighted by Gasteiger charge is -2.21. The topological polar surface area (TPSA) is 86.8 Å². The molecule has 2 aromatic rings. The molecule has 0 atom stereocenters. The molecule has 144 valence electrons. The number of nitrogens with zero attached hydrogens (tertiary/aromatic N) is 2. The molecule has 0 aliphatic heterocycles. The third kappa shape index (κ3) is 4.93. The number of amides is 2. The average molecular weight is 389 g/mol. The zero-order valence-corrected chi connectivity index (χ0v) is 16.4. The van der Waals surface area contributed by atoms with E-state index in [0.29, 0.717) is 6.54 Å². The maximum Gasteiger partial charge on any atom is 0.251 e. The highest BCUT2D eigenvalue weighted by Gasteiger charge is 2.18. The zero-order chi connectivity index (χ0) is 20.0. The van der Waals surface area contributed by atoms with Crippen LogP contribution in [0.1, 0.15) is 17.3 Å². The molecule has 7 nitrogen and oxygen atoms in total. The van der Waals surface area contributed by atoms with Crippen LogP contribution in [0.5, 0.6) is 0 Å². The Morgan fingerprint density at radius 3 is 2.07 bits per heavy atom. The van der Waals surface area contributed by atoms with Gasteiger partial charge in [0.25, 0.3) is 5.91 Å². The first kappa shape index (κ1) is 20.6. The molecule has 0 fully saturated rings. The fraction of sp³-hybridized carbons (Fsp3) is 0.263.